The second kappa shape index (κ2) is 10.1. The molecule has 1 N–H and O–H groups in total. The lowest BCUT2D eigenvalue weighted by molar-refractivity contribution is 0.0536. The van der Waals surface area contributed by atoms with Crippen molar-refractivity contribution in [2.45, 2.75) is 32.0 Å². The molecule has 0 atom stereocenters. The van der Waals surface area contributed by atoms with Gasteiger partial charge in [0.1, 0.15) is 6.61 Å². The van der Waals surface area contributed by atoms with Crippen molar-refractivity contribution in [3.05, 3.63) is 71.8 Å². The van der Waals surface area contributed by atoms with Gasteiger partial charge < -0.3 is 14.7 Å². The molecule has 0 aromatic heterocycles. The maximum Gasteiger partial charge on any atom is 0.409 e. The molecule has 1 fully saturated rings. The van der Waals surface area contributed by atoms with Crippen LogP contribution in [0, 0.1) is 0 Å². The highest BCUT2D eigenvalue weighted by molar-refractivity contribution is 5.67. The first-order valence-electron chi connectivity index (χ1n) is 9.60. The third-order valence-corrected chi connectivity index (χ3v) is 4.85. The van der Waals surface area contributed by atoms with Crippen LogP contribution in [0.1, 0.15) is 24.0 Å². The van der Waals surface area contributed by atoms with Gasteiger partial charge in [0.05, 0.1) is 6.10 Å². The van der Waals surface area contributed by atoms with E-state index in [4.69, 9.17) is 4.74 Å². The summed E-state index contributed by atoms with van der Waals surface area (Å²) < 4.78 is 5.49. The second-order valence-electron chi connectivity index (χ2n) is 7.01. The molecule has 0 aliphatic carbocycles. The third-order valence-electron chi connectivity index (χ3n) is 4.85. The number of aliphatic hydroxyl groups is 1. The van der Waals surface area contributed by atoms with Crippen LogP contribution in [0.2, 0.25) is 0 Å². The Bertz CT molecular complexity index is 644. The number of carbonyl (C=O) groups excluding carboxylic acids is 1. The molecule has 3 rings (SSSR count). The minimum atomic E-state index is -0.290. The Balaban J connectivity index is 1.52. The van der Waals surface area contributed by atoms with Crippen LogP contribution in [0.25, 0.3) is 0 Å². The SMILES string of the molecule is O=C(OCCN(Cc1ccccc1)Cc1ccccc1)N1CCC(O)CC1. The van der Waals surface area contributed by atoms with Gasteiger partial charge in [-0.15, -0.1) is 0 Å². The fraction of sp³-hybridized carbons (Fsp3) is 0.409. The quantitative estimate of drug-likeness (QED) is 0.815. The Morgan fingerprint density at radius 2 is 1.48 bits per heavy atom. The summed E-state index contributed by atoms with van der Waals surface area (Å²) in [4.78, 5) is 16.2. The van der Waals surface area contributed by atoms with Gasteiger partial charge in [0, 0.05) is 32.7 Å². The number of benzene rings is 2. The number of likely N-dealkylation sites (tertiary alicyclic amines) is 1. The number of amides is 1. The summed E-state index contributed by atoms with van der Waals surface area (Å²) in [7, 11) is 0. The third kappa shape index (κ3) is 6.38. The van der Waals surface area contributed by atoms with Crippen LogP contribution < -0.4 is 0 Å². The van der Waals surface area contributed by atoms with E-state index in [-0.39, 0.29) is 12.2 Å². The summed E-state index contributed by atoms with van der Waals surface area (Å²) in [6, 6.07) is 20.7. The number of hydrogen-bond acceptors (Lipinski definition) is 4. The van der Waals surface area contributed by atoms with Gasteiger partial charge in [0.25, 0.3) is 0 Å². The fourth-order valence-electron chi connectivity index (χ4n) is 3.30. The molecule has 0 bridgehead atoms. The number of rotatable bonds is 7. The predicted molar refractivity (Wildman–Crippen MR) is 105 cm³/mol. The Labute approximate surface area is 161 Å². The second-order valence-corrected chi connectivity index (χ2v) is 7.01. The van der Waals surface area contributed by atoms with Crippen molar-refractivity contribution < 1.29 is 14.6 Å². The van der Waals surface area contributed by atoms with E-state index in [1.165, 1.54) is 11.1 Å². The van der Waals surface area contributed by atoms with Gasteiger partial charge >= 0.3 is 6.09 Å². The Morgan fingerprint density at radius 1 is 0.963 bits per heavy atom. The van der Waals surface area contributed by atoms with Crippen LogP contribution in [-0.2, 0) is 17.8 Å². The number of nitrogens with zero attached hydrogens (tertiary/aromatic N) is 2. The minimum absolute atomic E-state index is 0.277. The maximum absolute atomic E-state index is 12.2. The zero-order valence-electron chi connectivity index (χ0n) is 15.7. The Morgan fingerprint density at radius 3 is 2.00 bits per heavy atom. The largest absolute Gasteiger partial charge is 0.448 e. The first kappa shape index (κ1) is 19.4. The van der Waals surface area contributed by atoms with Gasteiger partial charge in [-0.05, 0) is 24.0 Å². The highest BCUT2D eigenvalue weighted by Gasteiger charge is 2.22. The lowest BCUT2D eigenvalue weighted by Gasteiger charge is -2.29. The molecule has 0 saturated carbocycles. The van der Waals surface area contributed by atoms with Gasteiger partial charge in [0.15, 0.2) is 0 Å². The van der Waals surface area contributed by atoms with Crippen molar-refractivity contribution in [1.82, 2.24) is 9.80 Å². The monoisotopic (exact) mass is 368 g/mol. The molecule has 2 aromatic carbocycles. The van der Waals surface area contributed by atoms with E-state index in [1.807, 2.05) is 36.4 Å². The highest BCUT2D eigenvalue weighted by atomic mass is 16.6. The van der Waals surface area contributed by atoms with Crippen molar-refractivity contribution >= 4 is 6.09 Å². The first-order valence-corrected chi connectivity index (χ1v) is 9.60. The van der Waals surface area contributed by atoms with E-state index in [2.05, 4.69) is 29.2 Å². The topological polar surface area (TPSA) is 53.0 Å². The lowest BCUT2D eigenvalue weighted by atomic mass is 10.1. The van der Waals surface area contributed by atoms with Gasteiger partial charge in [-0.3, -0.25) is 4.90 Å². The molecule has 1 heterocycles. The van der Waals surface area contributed by atoms with Crippen LogP contribution in [-0.4, -0.2) is 53.3 Å². The van der Waals surface area contributed by atoms with Crippen LogP contribution in [0.15, 0.2) is 60.7 Å². The van der Waals surface area contributed by atoms with Crippen molar-refractivity contribution in [3.8, 4) is 0 Å². The molecule has 2 aromatic rings. The van der Waals surface area contributed by atoms with Gasteiger partial charge in [-0.2, -0.15) is 0 Å². The molecule has 0 radical (unpaired) electrons. The standard InChI is InChI=1S/C22H28N2O3/c25-21-11-13-24(14-12-21)22(26)27-16-15-23(17-19-7-3-1-4-8-19)18-20-9-5-2-6-10-20/h1-10,21,25H,11-18H2. The number of aliphatic hydroxyl groups excluding tert-OH is 1. The average Bonchev–Trinajstić information content (AvgIpc) is 2.70. The van der Waals surface area contributed by atoms with Gasteiger partial charge in [0.2, 0.25) is 0 Å². The smallest absolute Gasteiger partial charge is 0.409 e. The van der Waals surface area contributed by atoms with E-state index in [1.54, 1.807) is 4.90 Å². The highest BCUT2D eigenvalue weighted by Crippen LogP contribution is 2.12. The molecule has 1 aliphatic heterocycles. The van der Waals surface area contributed by atoms with Gasteiger partial charge in [-0.25, -0.2) is 4.79 Å². The van der Waals surface area contributed by atoms with E-state index < -0.39 is 0 Å². The number of ether oxygens (including phenoxy) is 1. The van der Waals surface area contributed by atoms with Crippen LogP contribution in [0.5, 0.6) is 0 Å². The molecule has 5 nitrogen and oxygen atoms in total. The average molecular weight is 368 g/mol. The van der Waals surface area contributed by atoms with Crippen molar-refractivity contribution in [3.63, 3.8) is 0 Å². The normalized spacial score (nSPS) is 15.1. The summed E-state index contributed by atoms with van der Waals surface area (Å²) in [6.07, 6.45) is 0.689. The molecule has 1 amide bonds. The van der Waals surface area contributed by atoms with Crippen LogP contribution in [0.4, 0.5) is 4.79 Å². The Hall–Kier alpha value is -2.37. The molecule has 0 spiro atoms. The van der Waals surface area contributed by atoms with E-state index in [0.29, 0.717) is 39.1 Å². The molecular weight excluding hydrogens is 340 g/mol. The fourth-order valence-corrected chi connectivity index (χ4v) is 3.30. The molecule has 1 aliphatic rings. The van der Waals surface area contributed by atoms with Crippen LogP contribution in [0.3, 0.4) is 0 Å². The number of carbonyl (C=O) groups is 1. The number of hydrogen-bond donors (Lipinski definition) is 1. The van der Waals surface area contributed by atoms with E-state index >= 15 is 0 Å². The zero-order valence-corrected chi connectivity index (χ0v) is 15.7. The maximum atomic E-state index is 12.2. The molecule has 144 valence electrons. The van der Waals surface area contributed by atoms with E-state index in [0.717, 1.165) is 13.1 Å². The van der Waals surface area contributed by atoms with E-state index in [9.17, 15) is 9.90 Å². The molecule has 5 heteroatoms. The minimum Gasteiger partial charge on any atom is -0.448 e. The summed E-state index contributed by atoms with van der Waals surface area (Å²) in [6.45, 7) is 3.78. The molecule has 0 unspecified atom stereocenters. The summed E-state index contributed by atoms with van der Waals surface area (Å²) in [5, 5.41) is 9.55. The van der Waals surface area contributed by atoms with Crippen molar-refractivity contribution in [2.24, 2.45) is 0 Å². The van der Waals surface area contributed by atoms with Crippen molar-refractivity contribution in [1.29, 1.82) is 0 Å². The predicted octanol–water partition coefficient (Wildman–Crippen LogP) is 3.28. The summed E-state index contributed by atoms with van der Waals surface area (Å²) in [5.74, 6) is 0. The molecule has 1 saturated heterocycles. The van der Waals surface area contributed by atoms with Gasteiger partial charge in [-0.1, -0.05) is 60.7 Å². The van der Waals surface area contributed by atoms with Crippen LogP contribution >= 0.6 is 0 Å². The molecule has 27 heavy (non-hydrogen) atoms. The lowest BCUT2D eigenvalue weighted by Crippen LogP contribution is -2.41. The number of piperidine rings is 1. The summed E-state index contributed by atoms with van der Waals surface area (Å²) in [5.41, 5.74) is 2.48. The zero-order chi connectivity index (χ0) is 18.9. The summed E-state index contributed by atoms with van der Waals surface area (Å²) >= 11 is 0. The molecular formula is C22H28N2O3. The van der Waals surface area contributed by atoms with Crippen molar-refractivity contribution in [2.75, 3.05) is 26.2 Å². The first-order chi connectivity index (χ1) is 13.2. The Kier molecular flexibility index (Phi) is 7.25.